The van der Waals surface area contributed by atoms with E-state index >= 15 is 0 Å². The molecule has 130 valence electrons. The first-order chi connectivity index (χ1) is 10.6. The van der Waals surface area contributed by atoms with Gasteiger partial charge in [-0.2, -0.15) is 0 Å². The summed E-state index contributed by atoms with van der Waals surface area (Å²) in [6.07, 6.45) is -0.314. The van der Waals surface area contributed by atoms with Crippen LogP contribution in [0.2, 0.25) is 0 Å². The maximum absolute atomic E-state index is 12.2. The van der Waals surface area contributed by atoms with Crippen LogP contribution in [0.1, 0.15) is 46.0 Å². The minimum absolute atomic E-state index is 0.0529. The summed E-state index contributed by atoms with van der Waals surface area (Å²) in [7, 11) is 0. The molecule has 0 aliphatic heterocycles. The number of aromatic nitrogens is 1. The molecule has 0 spiro atoms. The molecule has 0 atom stereocenters. The zero-order valence-electron chi connectivity index (χ0n) is 15.0. The van der Waals surface area contributed by atoms with Crippen LogP contribution < -0.4 is 5.32 Å². The van der Waals surface area contributed by atoms with E-state index < -0.39 is 5.60 Å². The summed E-state index contributed by atoms with van der Waals surface area (Å²) in [4.78, 5) is 18.2. The van der Waals surface area contributed by atoms with Crippen LogP contribution in [0.25, 0.3) is 0 Å². The Labute approximate surface area is 138 Å². The Kier molecular flexibility index (Phi) is 6.81. The number of carbonyl (C=O) groups is 1. The Morgan fingerprint density at radius 1 is 1.39 bits per heavy atom. The van der Waals surface area contributed by atoms with Gasteiger partial charge in [0.1, 0.15) is 11.4 Å². The monoisotopic (exact) mass is 323 g/mol. The summed E-state index contributed by atoms with van der Waals surface area (Å²) >= 11 is 0. The smallest absolute Gasteiger partial charge is 0.410 e. The molecule has 1 aromatic heterocycles. The van der Waals surface area contributed by atoms with Crippen LogP contribution in [0.15, 0.2) is 12.1 Å². The van der Waals surface area contributed by atoms with Crippen LogP contribution in [0, 0.1) is 6.92 Å². The van der Waals surface area contributed by atoms with Gasteiger partial charge in [-0.05, 0) is 53.7 Å². The van der Waals surface area contributed by atoms with Crippen molar-refractivity contribution in [2.24, 2.45) is 0 Å². The zero-order valence-corrected chi connectivity index (χ0v) is 15.0. The van der Waals surface area contributed by atoms with Gasteiger partial charge in [0.15, 0.2) is 0 Å². The number of nitrogens with one attached hydrogen (secondary N) is 1. The molecule has 1 aromatic rings. The predicted molar refractivity (Wildman–Crippen MR) is 90.4 cm³/mol. The average Bonchev–Trinajstić information content (AvgIpc) is 2.39. The highest BCUT2D eigenvalue weighted by molar-refractivity contribution is 5.68. The van der Waals surface area contributed by atoms with Gasteiger partial charge in [0.05, 0.1) is 5.69 Å². The molecule has 1 rings (SSSR count). The van der Waals surface area contributed by atoms with Gasteiger partial charge < -0.3 is 20.1 Å². The molecule has 0 bridgehead atoms. The lowest BCUT2D eigenvalue weighted by molar-refractivity contribution is 0.0193. The minimum atomic E-state index is -0.505. The van der Waals surface area contributed by atoms with Gasteiger partial charge in [-0.15, -0.1) is 0 Å². The number of pyridine rings is 1. The van der Waals surface area contributed by atoms with Crippen LogP contribution >= 0.6 is 0 Å². The molecular weight excluding hydrogens is 294 g/mol. The van der Waals surface area contributed by atoms with E-state index in [1.165, 1.54) is 0 Å². The molecular formula is C17H29N3O3. The van der Waals surface area contributed by atoms with Crippen LogP contribution in [0.5, 0.6) is 5.75 Å². The molecule has 2 N–H and O–H groups in total. The molecule has 0 saturated heterocycles. The van der Waals surface area contributed by atoms with E-state index in [9.17, 15) is 9.90 Å². The molecule has 1 amide bonds. The number of ether oxygens (including phenoxy) is 1. The second-order valence-corrected chi connectivity index (χ2v) is 6.86. The maximum atomic E-state index is 12.2. The Morgan fingerprint density at radius 3 is 2.61 bits per heavy atom. The lowest BCUT2D eigenvalue weighted by atomic mass is 10.2. The number of aromatic hydroxyl groups is 1. The van der Waals surface area contributed by atoms with E-state index in [1.54, 1.807) is 17.0 Å². The molecule has 0 unspecified atom stereocenters. The van der Waals surface area contributed by atoms with Crippen molar-refractivity contribution in [3.8, 4) is 5.75 Å². The van der Waals surface area contributed by atoms with Gasteiger partial charge in [0.25, 0.3) is 0 Å². The quantitative estimate of drug-likeness (QED) is 0.787. The Morgan fingerprint density at radius 2 is 2.04 bits per heavy atom. The van der Waals surface area contributed by atoms with Crippen molar-refractivity contribution in [1.82, 2.24) is 15.2 Å². The van der Waals surface area contributed by atoms with Crippen molar-refractivity contribution < 1.29 is 14.6 Å². The highest BCUT2D eigenvalue weighted by Gasteiger charge is 2.23. The first-order valence-corrected chi connectivity index (χ1v) is 7.96. The third kappa shape index (κ3) is 6.86. The van der Waals surface area contributed by atoms with Crippen molar-refractivity contribution in [3.05, 3.63) is 23.5 Å². The number of amides is 1. The fourth-order valence-corrected chi connectivity index (χ4v) is 2.02. The molecule has 1 heterocycles. The summed E-state index contributed by atoms with van der Waals surface area (Å²) < 4.78 is 5.42. The lowest BCUT2D eigenvalue weighted by Crippen LogP contribution is -2.44. The predicted octanol–water partition coefficient (Wildman–Crippen LogP) is 2.83. The molecule has 6 heteroatoms. The Hall–Kier alpha value is -1.82. The van der Waals surface area contributed by atoms with Crippen LogP contribution in [0.3, 0.4) is 0 Å². The fraction of sp³-hybridized carbons (Fsp3) is 0.647. The third-order valence-electron chi connectivity index (χ3n) is 3.16. The van der Waals surface area contributed by atoms with E-state index in [2.05, 4.69) is 10.3 Å². The first kappa shape index (κ1) is 19.2. The molecule has 0 fully saturated rings. The molecule has 23 heavy (non-hydrogen) atoms. The van der Waals surface area contributed by atoms with Gasteiger partial charge in [0.2, 0.25) is 0 Å². The van der Waals surface area contributed by atoms with Crippen LogP contribution in [-0.2, 0) is 11.3 Å². The molecule has 0 aliphatic carbocycles. The highest BCUT2D eigenvalue weighted by atomic mass is 16.6. The summed E-state index contributed by atoms with van der Waals surface area (Å²) in [6, 6.07) is 3.46. The largest absolute Gasteiger partial charge is 0.506 e. The highest BCUT2D eigenvalue weighted by Crippen LogP contribution is 2.14. The van der Waals surface area contributed by atoms with E-state index in [0.717, 1.165) is 5.69 Å². The van der Waals surface area contributed by atoms with Crippen molar-refractivity contribution in [2.45, 2.75) is 59.7 Å². The lowest BCUT2D eigenvalue weighted by Gasteiger charge is -2.30. The summed E-state index contributed by atoms with van der Waals surface area (Å²) in [5.41, 5.74) is 0.963. The Bertz CT molecular complexity index is 524. The van der Waals surface area contributed by atoms with Gasteiger partial charge in [-0.25, -0.2) is 4.79 Å². The number of hydrogen-bond acceptors (Lipinski definition) is 5. The second-order valence-electron chi connectivity index (χ2n) is 6.86. The number of hydrogen-bond donors (Lipinski definition) is 2. The summed E-state index contributed by atoms with van der Waals surface area (Å²) in [5.74, 6) is 0.177. The van der Waals surface area contributed by atoms with Crippen LogP contribution in [-0.4, -0.2) is 45.8 Å². The summed E-state index contributed by atoms with van der Waals surface area (Å²) in [6.45, 7) is 12.9. The molecule has 0 saturated carbocycles. The third-order valence-corrected chi connectivity index (χ3v) is 3.16. The number of nitrogens with zero attached hydrogens (tertiary/aromatic N) is 2. The van der Waals surface area contributed by atoms with Crippen molar-refractivity contribution in [3.63, 3.8) is 0 Å². The van der Waals surface area contributed by atoms with Gasteiger partial charge in [-0.3, -0.25) is 4.98 Å². The fourth-order valence-electron chi connectivity index (χ4n) is 2.02. The van der Waals surface area contributed by atoms with E-state index in [1.807, 2.05) is 41.5 Å². The van der Waals surface area contributed by atoms with Gasteiger partial charge in [-0.1, -0.05) is 0 Å². The van der Waals surface area contributed by atoms with Crippen LogP contribution in [0.4, 0.5) is 4.79 Å². The minimum Gasteiger partial charge on any atom is -0.506 e. The van der Waals surface area contributed by atoms with Crippen molar-refractivity contribution in [1.29, 1.82) is 0 Å². The average molecular weight is 323 g/mol. The maximum Gasteiger partial charge on any atom is 0.410 e. The SMILES string of the molecule is Cc1ccc(O)c(CNCCN(C(=O)OC(C)(C)C)C(C)C)n1. The second kappa shape index (κ2) is 8.15. The standard InChI is InChI=1S/C17H29N3O3/c1-12(2)20(16(22)23-17(4,5)6)10-9-18-11-14-15(21)8-7-13(3)19-14/h7-8,12,18,21H,9-11H2,1-6H3. The number of carbonyl (C=O) groups excluding carboxylic acids is 1. The number of rotatable bonds is 6. The molecule has 0 radical (unpaired) electrons. The topological polar surface area (TPSA) is 74.7 Å². The van der Waals surface area contributed by atoms with E-state index in [4.69, 9.17) is 4.74 Å². The normalized spacial score (nSPS) is 11.6. The first-order valence-electron chi connectivity index (χ1n) is 7.96. The van der Waals surface area contributed by atoms with E-state index in [0.29, 0.717) is 25.3 Å². The molecule has 0 aliphatic rings. The van der Waals surface area contributed by atoms with Gasteiger partial charge in [0, 0.05) is 31.4 Å². The zero-order chi connectivity index (χ0) is 17.6. The molecule has 6 nitrogen and oxygen atoms in total. The van der Waals surface area contributed by atoms with Crippen molar-refractivity contribution in [2.75, 3.05) is 13.1 Å². The van der Waals surface area contributed by atoms with Crippen molar-refractivity contribution >= 4 is 6.09 Å². The Balaban J connectivity index is 2.50. The number of aryl methyl sites for hydroxylation is 1. The van der Waals surface area contributed by atoms with Gasteiger partial charge >= 0.3 is 6.09 Å². The van der Waals surface area contributed by atoms with E-state index in [-0.39, 0.29) is 17.9 Å². The molecule has 0 aromatic carbocycles. The summed E-state index contributed by atoms with van der Waals surface area (Å²) in [5, 5.41) is 13.0.